The molecule has 1 fully saturated rings. The molecule has 0 spiro atoms. The summed E-state index contributed by atoms with van der Waals surface area (Å²) in [5.74, 6) is -3.76. The number of halogens is 5. The topological polar surface area (TPSA) is 102 Å². The van der Waals surface area contributed by atoms with Gasteiger partial charge in [0.1, 0.15) is 29.9 Å². The average molecular weight is 535 g/mol. The molecule has 38 heavy (non-hydrogen) atoms. The summed E-state index contributed by atoms with van der Waals surface area (Å²) in [5.41, 5.74) is -2.53. The lowest BCUT2D eigenvalue weighted by atomic mass is 10.0. The van der Waals surface area contributed by atoms with Crippen LogP contribution in [0.4, 0.5) is 27.8 Å². The van der Waals surface area contributed by atoms with Crippen molar-refractivity contribution in [1.29, 1.82) is 5.26 Å². The Kier molecular flexibility index (Phi) is 6.18. The van der Waals surface area contributed by atoms with Crippen molar-refractivity contribution < 1.29 is 36.2 Å². The molecule has 0 unspecified atom stereocenters. The highest BCUT2D eigenvalue weighted by atomic mass is 19.4. The summed E-state index contributed by atoms with van der Waals surface area (Å²) in [6, 6.07) is 5.25. The van der Waals surface area contributed by atoms with Crippen LogP contribution in [0.3, 0.4) is 0 Å². The first-order chi connectivity index (χ1) is 18.0. The lowest BCUT2D eigenvalue weighted by Crippen LogP contribution is -2.53. The van der Waals surface area contributed by atoms with Gasteiger partial charge in [0.25, 0.3) is 0 Å². The second-order valence-corrected chi connectivity index (χ2v) is 8.95. The zero-order valence-corrected chi connectivity index (χ0v) is 19.7. The summed E-state index contributed by atoms with van der Waals surface area (Å²) < 4.78 is 85.4. The van der Waals surface area contributed by atoms with Crippen molar-refractivity contribution in [3.8, 4) is 23.4 Å². The largest absolute Gasteiger partial charge is 0.472 e. The Bertz CT molecular complexity index is 1500. The second-order valence-electron chi connectivity index (χ2n) is 8.95. The maximum atomic E-state index is 14.7. The molecule has 0 radical (unpaired) electrons. The summed E-state index contributed by atoms with van der Waals surface area (Å²) in [5, 5.41) is 9.82. The van der Waals surface area contributed by atoms with Crippen LogP contribution >= 0.6 is 0 Å². The third-order valence-corrected chi connectivity index (χ3v) is 6.19. The van der Waals surface area contributed by atoms with E-state index in [1.165, 1.54) is 4.57 Å². The Labute approximate surface area is 211 Å². The van der Waals surface area contributed by atoms with E-state index in [1.807, 2.05) is 17.9 Å². The minimum absolute atomic E-state index is 0.00530. The molecule has 1 saturated heterocycles. The van der Waals surface area contributed by atoms with Crippen molar-refractivity contribution in [3.05, 3.63) is 69.4 Å². The molecule has 2 aliphatic heterocycles. The molecule has 198 valence electrons. The maximum absolute atomic E-state index is 14.7. The van der Waals surface area contributed by atoms with Gasteiger partial charge in [-0.2, -0.15) is 23.4 Å². The van der Waals surface area contributed by atoms with Crippen LogP contribution in [0.2, 0.25) is 0 Å². The highest BCUT2D eigenvalue weighted by Gasteiger charge is 2.45. The number of nitrogens with zero attached hydrogens (tertiary/aromatic N) is 5. The lowest BCUT2D eigenvalue weighted by molar-refractivity contribution is -0.141. The number of anilines is 1. The van der Waals surface area contributed by atoms with Crippen LogP contribution in [0.1, 0.15) is 23.7 Å². The normalized spacial score (nSPS) is 18.5. The standard InChI is InChI=1S/C24H18F5N5O4/c1-23-11-33-21(34(23)4-5-36-12-23)15(9-30)20(32-22(33)35)37-10-13-6-16(25)19(17(26)7-13)38-14-2-3-31-18(8-14)24(27,28)29/h2-3,6-8H,4-5,10-12H2,1H3/t23-/m1/s1. The molecule has 5 rings (SSSR count). The molecule has 14 heteroatoms. The first kappa shape index (κ1) is 25.4. The average Bonchev–Trinajstić information content (AvgIpc) is 3.18. The molecule has 0 aliphatic carbocycles. The third-order valence-electron chi connectivity index (χ3n) is 6.19. The van der Waals surface area contributed by atoms with Gasteiger partial charge in [-0.05, 0) is 30.7 Å². The summed E-state index contributed by atoms with van der Waals surface area (Å²) in [4.78, 5) is 21.6. The minimum atomic E-state index is -4.77. The molecule has 2 aromatic heterocycles. The number of alkyl halides is 3. The number of pyridine rings is 1. The summed E-state index contributed by atoms with van der Waals surface area (Å²) in [7, 11) is 0. The van der Waals surface area contributed by atoms with E-state index in [4.69, 9.17) is 14.2 Å². The Morgan fingerprint density at radius 1 is 1.24 bits per heavy atom. The molecular weight excluding hydrogens is 517 g/mol. The molecule has 1 atom stereocenters. The van der Waals surface area contributed by atoms with Gasteiger partial charge >= 0.3 is 11.9 Å². The van der Waals surface area contributed by atoms with E-state index in [0.717, 1.165) is 24.4 Å². The van der Waals surface area contributed by atoms with E-state index in [2.05, 4.69) is 9.97 Å². The Balaban J connectivity index is 1.39. The van der Waals surface area contributed by atoms with E-state index in [0.29, 0.717) is 31.6 Å². The molecule has 0 N–H and O–H groups in total. The highest BCUT2D eigenvalue weighted by molar-refractivity contribution is 5.63. The van der Waals surface area contributed by atoms with Crippen LogP contribution < -0.4 is 20.1 Å². The number of fused-ring (bicyclic) bond motifs is 3. The number of hydrogen-bond donors (Lipinski definition) is 0. The molecular formula is C24H18F5N5O4. The van der Waals surface area contributed by atoms with Crippen LogP contribution in [0.5, 0.6) is 17.4 Å². The van der Waals surface area contributed by atoms with Crippen molar-refractivity contribution in [2.45, 2.75) is 31.8 Å². The zero-order valence-electron chi connectivity index (χ0n) is 19.7. The molecule has 3 aromatic rings. The number of morpholine rings is 1. The predicted octanol–water partition coefficient (Wildman–Crippen LogP) is 3.79. The Morgan fingerprint density at radius 2 is 1.97 bits per heavy atom. The molecule has 4 heterocycles. The molecule has 0 saturated carbocycles. The number of aromatic nitrogens is 3. The SMILES string of the molecule is C[C@@]12COCCN1c1c(C#N)c(OCc3cc(F)c(Oc4ccnc(C(F)(F)F)c4)c(F)c3)nc(=O)n1C2. The van der Waals surface area contributed by atoms with Gasteiger partial charge in [0.05, 0.1) is 25.3 Å². The third kappa shape index (κ3) is 4.49. The van der Waals surface area contributed by atoms with Crippen molar-refractivity contribution in [2.24, 2.45) is 0 Å². The van der Waals surface area contributed by atoms with Gasteiger partial charge in [-0.25, -0.2) is 13.6 Å². The quantitative estimate of drug-likeness (QED) is 0.455. The van der Waals surface area contributed by atoms with Crippen molar-refractivity contribution in [1.82, 2.24) is 14.5 Å². The van der Waals surface area contributed by atoms with E-state index < -0.39 is 52.8 Å². The summed E-state index contributed by atoms with van der Waals surface area (Å²) in [6.07, 6.45) is -3.97. The van der Waals surface area contributed by atoms with Gasteiger partial charge in [0, 0.05) is 18.8 Å². The van der Waals surface area contributed by atoms with Gasteiger partial charge in [0.15, 0.2) is 22.9 Å². The fraction of sp³-hybridized carbons (Fsp3) is 0.333. The molecule has 0 bridgehead atoms. The maximum Gasteiger partial charge on any atom is 0.433 e. The van der Waals surface area contributed by atoms with Crippen molar-refractivity contribution in [3.63, 3.8) is 0 Å². The highest BCUT2D eigenvalue weighted by Crippen LogP contribution is 2.39. The number of nitriles is 1. The van der Waals surface area contributed by atoms with Gasteiger partial charge in [-0.3, -0.25) is 9.55 Å². The smallest absolute Gasteiger partial charge is 0.433 e. The zero-order chi connectivity index (χ0) is 27.2. The first-order valence-corrected chi connectivity index (χ1v) is 11.2. The monoisotopic (exact) mass is 535 g/mol. The number of ether oxygens (including phenoxy) is 3. The molecule has 2 aliphatic rings. The fourth-order valence-corrected chi connectivity index (χ4v) is 4.47. The molecule has 0 amide bonds. The Hall–Kier alpha value is -4.25. The fourth-order valence-electron chi connectivity index (χ4n) is 4.47. The van der Waals surface area contributed by atoms with Gasteiger partial charge in [-0.15, -0.1) is 0 Å². The second kappa shape index (κ2) is 9.25. The number of rotatable bonds is 5. The summed E-state index contributed by atoms with van der Waals surface area (Å²) in [6.45, 7) is 2.88. The van der Waals surface area contributed by atoms with Gasteiger partial charge in [0.2, 0.25) is 5.88 Å². The minimum Gasteiger partial charge on any atom is -0.472 e. The first-order valence-electron chi connectivity index (χ1n) is 11.2. The Morgan fingerprint density at radius 3 is 2.66 bits per heavy atom. The van der Waals surface area contributed by atoms with Crippen LogP contribution in [0.15, 0.2) is 35.3 Å². The van der Waals surface area contributed by atoms with E-state index in [1.54, 1.807) is 0 Å². The van der Waals surface area contributed by atoms with Gasteiger partial charge < -0.3 is 19.1 Å². The molecule has 1 aromatic carbocycles. The van der Waals surface area contributed by atoms with Crippen LogP contribution in [0.25, 0.3) is 0 Å². The van der Waals surface area contributed by atoms with Crippen LogP contribution in [-0.2, 0) is 24.1 Å². The van der Waals surface area contributed by atoms with Crippen LogP contribution in [0, 0.1) is 23.0 Å². The van der Waals surface area contributed by atoms with E-state index >= 15 is 0 Å². The van der Waals surface area contributed by atoms with Crippen molar-refractivity contribution in [2.75, 3.05) is 24.7 Å². The van der Waals surface area contributed by atoms with Gasteiger partial charge in [-0.1, -0.05) is 0 Å². The predicted molar refractivity (Wildman–Crippen MR) is 120 cm³/mol. The molecule has 9 nitrogen and oxygen atoms in total. The number of benzene rings is 1. The van der Waals surface area contributed by atoms with Crippen LogP contribution in [-0.4, -0.2) is 39.8 Å². The van der Waals surface area contributed by atoms with E-state index in [9.17, 15) is 32.0 Å². The summed E-state index contributed by atoms with van der Waals surface area (Å²) >= 11 is 0. The van der Waals surface area contributed by atoms with Crippen molar-refractivity contribution >= 4 is 5.82 Å². The van der Waals surface area contributed by atoms with E-state index in [-0.39, 0.29) is 23.6 Å². The number of hydrogen-bond acceptors (Lipinski definition) is 8. The lowest BCUT2D eigenvalue weighted by Gasteiger charge is -2.39.